The molecule has 0 spiro atoms. The highest BCUT2D eigenvalue weighted by Gasteiger charge is 2.41. The van der Waals surface area contributed by atoms with E-state index in [4.69, 9.17) is 10.1 Å². The molecule has 0 amide bonds. The lowest BCUT2D eigenvalue weighted by atomic mass is 9.77. The van der Waals surface area contributed by atoms with Crippen LogP contribution in [0.4, 0.5) is 0 Å². The fourth-order valence-corrected chi connectivity index (χ4v) is 2.14. The van der Waals surface area contributed by atoms with Crippen LogP contribution in [0.5, 0.6) is 5.75 Å². The van der Waals surface area contributed by atoms with Gasteiger partial charge in [-0.05, 0) is 23.1 Å². The van der Waals surface area contributed by atoms with E-state index in [1.807, 2.05) is 20.8 Å². The van der Waals surface area contributed by atoms with Gasteiger partial charge in [-0.15, -0.1) is 0 Å². The molecule has 7 nitrogen and oxygen atoms in total. The van der Waals surface area contributed by atoms with Crippen LogP contribution < -0.4 is 4.74 Å². The van der Waals surface area contributed by atoms with Crippen LogP contribution in [-0.2, 0) is 6.54 Å². The van der Waals surface area contributed by atoms with Crippen LogP contribution in [0.2, 0.25) is 0 Å². The number of nitrogens with zero attached hydrogens (tertiary/aromatic N) is 3. The van der Waals surface area contributed by atoms with E-state index in [1.165, 1.54) is 6.33 Å². The largest absolute Gasteiger partial charge is 0.490 e. The zero-order valence-corrected chi connectivity index (χ0v) is 14.2. The smallest absolute Gasteiger partial charge is 0.137 e. The lowest BCUT2D eigenvalue weighted by Gasteiger charge is -2.39. The first-order chi connectivity index (χ1) is 11.2. The summed E-state index contributed by atoms with van der Waals surface area (Å²) in [6.07, 6.45) is 3.03. The molecule has 0 fully saturated rings. The quantitative estimate of drug-likeness (QED) is 0.671. The normalized spacial score (nSPS) is 15.5. The Balaban J connectivity index is 2.09. The minimum absolute atomic E-state index is 0.0861. The summed E-state index contributed by atoms with van der Waals surface area (Å²) in [6, 6.07) is 6.80. The van der Waals surface area contributed by atoms with Gasteiger partial charge in [0.05, 0.1) is 6.54 Å². The summed E-state index contributed by atoms with van der Waals surface area (Å²) in [6.45, 7) is 6.18. The van der Waals surface area contributed by atoms with Crippen molar-refractivity contribution in [3.8, 4) is 5.75 Å². The number of aromatic nitrogens is 3. The average Bonchev–Trinajstić information content (AvgIpc) is 3.04. The van der Waals surface area contributed by atoms with Crippen molar-refractivity contribution >= 4 is 6.21 Å². The van der Waals surface area contributed by atoms with E-state index < -0.39 is 17.1 Å². The highest BCUT2D eigenvalue weighted by Crippen LogP contribution is 2.32. The van der Waals surface area contributed by atoms with Crippen molar-refractivity contribution < 1.29 is 14.9 Å². The molecule has 2 unspecified atom stereocenters. The first kappa shape index (κ1) is 18.1. The maximum absolute atomic E-state index is 11.1. The summed E-state index contributed by atoms with van der Waals surface area (Å²) in [5, 5.41) is 31.8. The minimum Gasteiger partial charge on any atom is -0.490 e. The lowest BCUT2D eigenvalue weighted by molar-refractivity contribution is -0.101. The third kappa shape index (κ3) is 4.18. The number of ether oxygens (including phenoxy) is 1. The third-order valence-corrected chi connectivity index (χ3v) is 4.14. The monoisotopic (exact) mass is 332 g/mol. The summed E-state index contributed by atoms with van der Waals surface area (Å²) in [4.78, 5) is 3.90. The summed E-state index contributed by atoms with van der Waals surface area (Å²) in [5.74, 6) is 0.581. The highest BCUT2D eigenvalue weighted by molar-refractivity contribution is 5.62. The fraction of sp³-hybridized carbons (Fsp3) is 0.471. The molecule has 2 aromatic rings. The van der Waals surface area contributed by atoms with Gasteiger partial charge < -0.3 is 20.4 Å². The molecular formula is C17H24N4O3. The predicted molar refractivity (Wildman–Crippen MR) is 90.1 cm³/mol. The molecular weight excluding hydrogens is 308 g/mol. The first-order valence-corrected chi connectivity index (χ1v) is 7.71. The Bertz CT molecular complexity index is 649. The molecule has 0 radical (unpaired) electrons. The van der Waals surface area contributed by atoms with Crippen LogP contribution in [0.3, 0.4) is 0 Å². The lowest BCUT2D eigenvalue weighted by Crippen LogP contribution is -2.51. The topological polar surface area (TPSA) is 104 Å². The number of aliphatic hydroxyl groups is 2. The maximum Gasteiger partial charge on any atom is 0.137 e. The van der Waals surface area contributed by atoms with Crippen LogP contribution in [0, 0.1) is 10.8 Å². The second-order valence-electron chi connectivity index (χ2n) is 6.84. The highest BCUT2D eigenvalue weighted by atomic mass is 16.5. The number of rotatable bonds is 7. The summed E-state index contributed by atoms with van der Waals surface area (Å²) in [7, 11) is 0. The van der Waals surface area contributed by atoms with Gasteiger partial charge in [0.15, 0.2) is 0 Å². The van der Waals surface area contributed by atoms with Gasteiger partial charge in [-0.2, -0.15) is 5.10 Å². The van der Waals surface area contributed by atoms with Crippen molar-refractivity contribution in [2.45, 2.75) is 39.0 Å². The van der Waals surface area contributed by atoms with Crippen molar-refractivity contribution in [1.82, 2.24) is 14.8 Å². The zero-order valence-electron chi connectivity index (χ0n) is 14.2. The predicted octanol–water partition coefficient (Wildman–Crippen LogP) is 1.82. The van der Waals surface area contributed by atoms with Crippen molar-refractivity contribution in [2.24, 2.45) is 5.41 Å². The number of aliphatic hydroxyl groups excluding tert-OH is 1. The molecule has 1 aromatic heterocycles. The van der Waals surface area contributed by atoms with E-state index in [-0.39, 0.29) is 13.2 Å². The Hall–Kier alpha value is -2.25. The Morgan fingerprint density at radius 2 is 1.96 bits per heavy atom. The van der Waals surface area contributed by atoms with Gasteiger partial charge in [0.25, 0.3) is 0 Å². The maximum atomic E-state index is 11.1. The SMILES string of the molecule is CC(C)(C)C(O)(COc1ccc(C(O)C=N)cc1)Cn1cncn1. The van der Waals surface area contributed by atoms with Gasteiger partial charge in [0, 0.05) is 6.21 Å². The van der Waals surface area contributed by atoms with Gasteiger partial charge in [0.1, 0.15) is 36.7 Å². The first-order valence-electron chi connectivity index (χ1n) is 7.71. The van der Waals surface area contributed by atoms with Crippen molar-refractivity contribution in [3.63, 3.8) is 0 Å². The number of benzene rings is 1. The number of hydrogen-bond donors (Lipinski definition) is 3. The third-order valence-electron chi connectivity index (χ3n) is 4.14. The van der Waals surface area contributed by atoms with Gasteiger partial charge in [-0.3, -0.25) is 0 Å². The Labute approximate surface area is 141 Å². The molecule has 0 bridgehead atoms. The van der Waals surface area contributed by atoms with E-state index in [9.17, 15) is 10.2 Å². The van der Waals surface area contributed by atoms with Crippen LogP contribution in [0.25, 0.3) is 0 Å². The standard InChI is InChI=1S/C17H24N4O3/c1-16(2,3)17(23,9-21-12-19-11-20-21)10-24-14-6-4-13(5-7-14)15(22)8-18/h4-8,11-12,15,18,22-23H,9-10H2,1-3H3. The van der Waals surface area contributed by atoms with E-state index in [2.05, 4.69) is 10.1 Å². The van der Waals surface area contributed by atoms with Crippen LogP contribution in [-0.4, -0.2) is 43.4 Å². The zero-order chi connectivity index (χ0) is 17.8. The Morgan fingerprint density at radius 1 is 1.29 bits per heavy atom. The molecule has 2 rings (SSSR count). The Morgan fingerprint density at radius 3 is 2.46 bits per heavy atom. The molecule has 130 valence electrons. The molecule has 0 aliphatic rings. The van der Waals surface area contributed by atoms with E-state index in [0.29, 0.717) is 11.3 Å². The second-order valence-corrected chi connectivity index (χ2v) is 6.84. The van der Waals surface area contributed by atoms with Crippen molar-refractivity contribution in [1.29, 1.82) is 5.41 Å². The number of nitrogens with one attached hydrogen (secondary N) is 1. The Kier molecular flexibility index (Phi) is 5.36. The molecule has 0 saturated heterocycles. The van der Waals surface area contributed by atoms with Gasteiger partial charge >= 0.3 is 0 Å². The number of hydrogen-bond acceptors (Lipinski definition) is 6. The molecule has 0 aliphatic heterocycles. The molecule has 0 aliphatic carbocycles. The molecule has 2 atom stereocenters. The molecule has 1 heterocycles. The summed E-state index contributed by atoms with van der Waals surface area (Å²) < 4.78 is 7.35. The molecule has 0 saturated carbocycles. The minimum atomic E-state index is -1.14. The molecule has 7 heteroatoms. The van der Waals surface area contributed by atoms with Gasteiger partial charge in [-0.1, -0.05) is 32.9 Å². The van der Waals surface area contributed by atoms with E-state index >= 15 is 0 Å². The van der Waals surface area contributed by atoms with Crippen LogP contribution >= 0.6 is 0 Å². The van der Waals surface area contributed by atoms with E-state index in [1.54, 1.807) is 35.3 Å². The summed E-state index contributed by atoms with van der Waals surface area (Å²) in [5.41, 5.74) is -0.964. The van der Waals surface area contributed by atoms with Gasteiger partial charge in [-0.25, -0.2) is 9.67 Å². The summed E-state index contributed by atoms with van der Waals surface area (Å²) >= 11 is 0. The van der Waals surface area contributed by atoms with Crippen LogP contribution in [0.15, 0.2) is 36.9 Å². The van der Waals surface area contributed by atoms with E-state index in [0.717, 1.165) is 6.21 Å². The fourth-order valence-electron chi connectivity index (χ4n) is 2.14. The average molecular weight is 332 g/mol. The second kappa shape index (κ2) is 7.11. The van der Waals surface area contributed by atoms with Crippen molar-refractivity contribution in [3.05, 3.63) is 42.5 Å². The van der Waals surface area contributed by atoms with Crippen molar-refractivity contribution in [2.75, 3.05) is 6.61 Å². The molecule has 3 N–H and O–H groups in total. The molecule has 24 heavy (non-hydrogen) atoms. The molecule has 1 aromatic carbocycles. The van der Waals surface area contributed by atoms with Crippen LogP contribution in [0.1, 0.15) is 32.4 Å². The van der Waals surface area contributed by atoms with Gasteiger partial charge in [0.2, 0.25) is 0 Å².